The largest absolute Gasteiger partial charge is 0.478 e. The van der Waals surface area contributed by atoms with Crippen molar-refractivity contribution < 1.29 is 22.7 Å². The molecule has 22 heavy (non-hydrogen) atoms. The standard InChI is InChI=1S/C15H14FNO4S/c1-2-10-3-6-12(7-4-10)22(20,21)17-14-9-11(15(18)19)5-8-13(14)16/h3-9,17H,2H2,1H3,(H,18,19). The summed E-state index contributed by atoms with van der Waals surface area (Å²) in [5, 5.41) is 8.87. The molecule has 116 valence electrons. The number of hydrogen-bond donors (Lipinski definition) is 2. The highest BCUT2D eigenvalue weighted by Crippen LogP contribution is 2.21. The smallest absolute Gasteiger partial charge is 0.335 e. The number of hydrogen-bond acceptors (Lipinski definition) is 3. The lowest BCUT2D eigenvalue weighted by Crippen LogP contribution is -2.14. The molecule has 2 aromatic rings. The van der Waals surface area contributed by atoms with Gasteiger partial charge in [0.2, 0.25) is 0 Å². The average Bonchev–Trinajstić information content (AvgIpc) is 2.49. The van der Waals surface area contributed by atoms with Gasteiger partial charge in [0.15, 0.2) is 0 Å². The van der Waals surface area contributed by atoms with Crippen molar-refractivity contribution in [1.82, 2.24) is 0 Å². The van der Waals surface area contributed by atoms with Gasteiger partial charge in [-0.05, 0) is 42.3 Å². The highest BCUT2D eigenvalue weighted by molar-refractivity contribution is 7.92. The van der Waals surface area contributed by atoms with Crippen LogP contribution in [0.3, 0.4) is 0 Å². The molecule has 0 fully saturated rings. The summed E-state index contributed by atoms with van der Waals surface area (Å²) in [6.45, 7) is 1.94. The van der Waals surface area contributed by atoms with Crippen LogP contribution in [-0.4, -0.2) is 19.5 Å². The number of carbonyl (C=O) groups is 1. The van der Waals surface area contributed by atoms with Crippen LogP contribution in [0.1, 0.15) is 22.8 Å². The minimum absolute atomic E-state index is 0.0233. The Hall–Kier alpha value is -2.41. The maximum Gasteiger partial charge on any atom is 0.335 e. The first-order valence-electron chi connectivity index (χ1n) is 6.48. The fraction of sp³-hybridized carbons (Fsp3) is 0.133. The van der Waals surface area contributed by atoms with Gasteiger partial charge in [-0.2, -0.15) is 0 Å². The lowest BCUT2D eigenvalue weighted by Gasteiger charge is -2.10. The second kappa shape index (κ2) is 6.15. The van der Waals surface area contributed by atoms with Gasteiger partial charge in [0.25, 0.3) is 10.0 Å². The summed E-state index contributed by atoms with van der Waals surface area (Å²) in [7, 11) is -3.99. The van der Waals surface area contributed by atoms with E-state index in [1.165, 1.54) is 12.1 Å². The van der Waals surface area contributed by atoms with Crippen LogP contribution in [0.15, 0.2) is 47.4 Å². The molecule has 2 N–H and O–H groups in total. The number of benzene rings is 2. The Balaban J connectivity index is 2.35. The molecular weight excluding hydrogens is 309 g/mol. The van der Waals surface area contributed by atoms with Crippen LogP contribution in [0, 0.1) is 5.82 Å². The van der Waals surface area contributed by atoms with E-state index in [0.29, 0.717) is 0 Å². The van der Waals surface area contributed by atoms with E-state index in [1.807, 2.05) is 6.92 Å². The number of nitrogens with one attached hydrogen (secondary N) is 1. The van der Waals surface area contributed by atoms with Crippen molar-refractivity contribution >= 4 is 21.7 Å². The van der Waals surface area contributed by atoms with Gasteiger partial charge in [0, 0.05) is 0 Å². The van der Waals surface area contributed by atoms with Crippen molar-refractivity contribution in [2.75, 3.05) is 4.72 Å². The van der Waals surface area contributed by atoms with Gasteiger partial charge in [0.1, 0.15) is 5.82 Å². The van der Waals surface area contributed by atoms with E-state index >= 15 is 0 Å². The number of rotatable bonds is 5. The Morgan fingerprint density at radius 3 is 2.36 bits per heavy atom. The number of carboxylic acids is 1. The molecule has 5 nitrogen and oxygen atoms in total. The minimum atomic E-state index is -3.99. The molecule has 0 atom stereocenters. The number of halogens is 1. The second-order valence-corrected chi connectivity index (χ2v) is 6.29. The summed E-state index contributed by atoms with van der Waals surface area (Å²) in [4.78, 5) is 10.8. The van der Waals surface area contributed by atoms with Crippen molar-refractivity contribution in [3.8, 4) is 0 Å². The lowest BCUT2D eigenvalue weighted by atomic mass is 10.2. The molecule has 0 aliphatic heterocycles. The maximum absolute atomic E-state index is 13.7. The van der Waals surface area contributed by atoms with E-state index in [2.05, 4.69) is 4.72 Å². The highest BCUT2D eigenvalue weighted by Gasteiger charge is 2.17. The molecule has 2 aromatic carbocycles. The van der Waals surface area contributed by atoms with Crippen LogP contribution >= 0.6 is 0 Å². The first kappa shape index (κ1) is 16.0. The second-order valence-electron chi connectivity index (χ2n) is 4.60. The van der Waals surface area contributed by atoms with Gasteiger partial charge >= 0.3 is 5.97 Å². The summed E-state index contributed by atoms with van der Waals surface area (Å²) >= 11 is 0. The normalized spacial score (nSPS) is 11.2. The predicted molar refractivity (Wildman–Crippen MR) is 80.0 cm³/mol. The molecule has 0 amide bonds. The lowest BCUT2D eigenvalue weighted by molar-refractivity contribution is 0.0697. The monoisotopic (exact) mass is 323 g/mol. The number of anilines is 1. The maximum atomic E-state index is 13.7. The number of carboxylic acid groups (broad SMARTS) is 1. The fourth-order valence-corrected chi connectivity index (χ4v) is 2.90. The summed E-state index contributed by atoms with van der Waals surface area (Å²) < 4.78 is 40.2. The number of sulfonamides is 1. The molecule has 0 unspecified atom stereocenters. The van der Waals surface area contributed by atoms with Crippen molar-refractivity contribution in [3.05, 3.63) is 59.4 Å². The van der Waals surface area contributed by atoms with E-state index in [9.17, 15) is 17.6 Å². The van der Waals surface area contributed by atoms with Crippen LogP contribution in [0.5, 0.6) is 0 Å². The van der Waals surface area contributed by atoms with E-state index in [4.69, 9.17) is 5.11 Å². The molecule has 7 heteroatoms. The van der Waals surface area contributed by atoms with Crippen LogP contribution in [0.4, 0.5) is 10.1 Å². The molecule has 0 spiro atoms. The minimum Gasteiger partial charge on any atom is -0.478 e. The summed E-state index contributed by atoms with van der Waals surface area (Å²) in [5.41, 5.74) is 0.359. The molecule has 2 rings (SSSR count). The third-order valence-corrected chi connectivity index (χ3v) is 4.48. The van der Waals surface area contributed by atoms with Crippen molar-refractivity contribution in [2.45, 2.75) is 18.2 Å². The Morgan fingerprint density at radius 1 is 1.18 bits per heavy atom. The van der Waals surface area contributed by atoms with Gasteiger partial charge in [-0.15, -0.1) is 0 Å². The third-order valence-electron chi connectivity index (χ3n) is 3.10. The number of aryl methyl sites for hydroxylation is 1. The van der Waals surface area contributed by atoms with Gasteiger partial charge < -0.3 is 5.11 Å². The molecule has 0 aromatic heterocycles. The van der Waals surface area contributed by atoms with Crippen molar-refractivity contribution in [3.63, 3.8) is 0 Å². The number of aromatic carboxylic acids is 1. The van der Waals surface area contributed by atoms with Crippen LogP contribution in [-0.2, 0) is 16.4 Å². The Kier molecular flexibility index (Phi) is 4.46. The third kappa shape index (κ3) is 3.43. The fourth-order valence-electron chi connectivity index (χ4n) is 1.84. The van der Waals surface area contributed by atoms with Crippen molar-refractivity contribution in [2.24, 2.45) is 0 Å². The SMILES string of the molecule is CCc1ccc(S(=O)(=O)Nc2cc(C(=O)O)ccc2F)cc1. The highest BCUT2D eigenvalue weighted by atomic mass is 32.2. The first-order chi connectivity index (χ1) is 10.3. The van der Waals surface area contributed by atoms with E-state index in [-0.39, 0.29) is 10.5 Å². The van der Waals surface area contributed by atoms with E-state index < -0.39 is 27.5 Å². The molecule has 0 aliphatic carbocycles. The molecule has 0 bridgehead atoms. The van der Waals surface area contributed by atoms with E-state index in [0.717, 1.165) is 30.2 Å². The van der Waals surface area contributed by atoms with Gasteiger partial charge in [-0.3, -0.25) is 4.72 Å². The molecule has 0 heterocycles. The van der Waals surface area contributed by atoms with Crippen LogP contribution in [0.2, 0.25) is 0 Å². The Morgan fingerprint density at radius 2 is 1.82 bits per heavy atom. The average molecular weight is 323 g/mol. The first-order valence-corrected chi connectivity index (χ1v) is 7.96. The predicted octanol–water partition coefficient (Wildman–Crippen LogP) is 2.89. The summed E-state index contributed by atoms with van der Waals surface area (Å²) in [6, 6.07) is 9.07. The molecule has 0 saturated carbocycles. The van der Waals surface area contributed by atoms with Gasteiger partial charge in [0.05, 0.1) is 16.1 Å². The zero-order valence-electron chi connectivity index (χ0n) is 11.7. The molecule has 0 aliphatic rings. The van der Waals surface area contributed by atoms with Gasteiger partial charge in [-0.25, -0.2) is 17.6 Å². The molecule has 0 radical (unpaired) electrons. The Bertz CT molecular complexity index is 801. The summed E-state index contributed by atoms with van der Waals surface area (Å²) in [6.07, 6.45) is 0.767. The molecular formula is C15H14FNO4S. The van der Waals surface area contributed by atoms with Crippen LogP contribution in [0.25, 0.3) is 0 Å². The zero-order valence-corrected chi connectivity index (χ0v) is 12.5. The topological polar surface area (TPSA) is 83.5 Å². The van der Waals surface area contributed by atoms with Crippen molar-refractivity contribution in [1.29, 1.82) is 0 Å². The van der Waals surface area contributed by atoms with Gasteiger partial charge in [-0.1, -0.05) is 19.1 Å². The Labute approximate surface area is 127 Å². The summed E-state index contributed by atoms with van der Waals surface area (Å²) in [5.74, 6) is -2.12. The molecule has 0 saturated heterocycles. The van der Waals surface area contributed by atoms with E-state index in [1.54, 1.807) is 12.1 Å². The quantitative estimate of drug-likeness (QED) is 0.886. The zero-order chi connectivity index (χ0) is 16.3. The van der Waals surface area contributed by atoms with Crippen LogP contribution < -0.4 is 4.72 Å².